The Morgan fingerprint density at radius 1 is 1.19 bits per heavy atom. The van der Waals surface area contributed by atoms with Gasteiger partial charge in [0.25, 0.3) is 5.56 Å². The number of halogens is 1. The summed E-state index contributed by atoms with van der Waals surface area (Å²) in [6.45, 7) is 0.0879. The van der Waals surface area contributed by atoms with Gasteiger partial charge in [-0.1, -0.05) is 0 Å². The topological polar surface area (TPSA) is 79.2 Å². The van der Waals surface area contributed by atoms with E-state index in [-0.39, 0.29) is 17.9 Å². The number of ether oxygens (including phenoxy) is 1. The Labute approximate surface area is 147 Å². The third-order valence-electron chi connectivity index (χ3n) is 4.14. The highest BCUT2D eigenvalue weighted by Crippen LogP contribution is 2.27. The molecular weight excluding hydrogens is 339 g/mol. The molecule has 0 aliphatic heterocycles. The van der Waals surface area contributed by atoms with Crippen molar-refractivity contribution in [2.75, 3.05) is 0 Å². The standard InChI is InChI=1S/C17H15FN6O2/c1-22-5-6-24-13(8-19-16(24)17(22)25)11-3-4-12(18)14(7-11)26-9-15-20-10-21-23(15)2/h3-8,10H,9H2,1-2H3. The zero-order valence-electron chi connectivity index (χ0n) is 14.1. The summed E-state index contributed by atoms with van der Waals surface area (Å²) in [6.07, 6.45) is 6.37. The third-order valence-corrected chi connectivity index (χ3v) is 4.14. The van der Waals surface area contributed by atoms with Crippen molar-refractivity contribution in [1.29, 1.82) is 0 Å². The second-order valence-corrected chi connectivity index (χ2v) is 5.78. The molecule has 0 aliphatic carbocycles. The number of fused-ring (bicyclic) bond motifs is 1. The van der Waals surface area contributed by atoms with Crippen molar-refractivity contribution in [2.24, 2.45) is 14.1 Å². The first-order valence-corrected chi connectivity index (χ1v) is 7.83. The number of aryl methyl sites for hydroxylation is 2. The molecule has 0 atom stereocenters. The van der Waals surface area contributed by atoms with Crippen molar-refractivity contribution in [1.82, 2.24) is 28.7 Å². The lowest BCUT2D eigenvalue weighted by Crippen LogP contribution is -2.18. The van der Waals surface area contributed by atoms with Gasteiger partial charge >= 0.3 is 0 Å². The molecule has 3 heterocycles. The summed E-state index contributed by atoms with van der Waals surface area (Å²) in [6, 6.07) is 4.51. The Balaban J connectivity index is 1.71. The van der Waals surface area contributed by atoms with Crippen LogP contribution in [0.2, 0.25) is 0 Å². The molecule has 0 fully saturated rings. The highest BCUT2D eigenvalue weighted by molar-refractivity contribution is 5.65. The molecule has 0 amide bonds. The minimum atomic E-state index is -0.486. The Morgan fingerprint density at radius 2 is 2.04 bits per heavy atom. The van der Waals surface area contributed by atoms with E-state index in [2.05, 4.69) is 15.1 Å². The fourth-order valence-electron chi connectivity index (χ4n) is 2.64. The third kappa shape index (κ3) is 2.63. The van der Waals surface area contributed by atoms with E-state index >= 15 is 0 Å². The van der Waals surface area contributed by atoms with Crippen LogP contribution >= 0.6 is 0 Å². The SMILES string of the molecule is Cn1ncnc1COc1cc(-c2cnc3c(=O)n(C)ccn23)ccc1F. The van der Waals surface area contributed by atoms with E-state index in [0.717, 1.165) is 0 Å². The maximum Gasteiger partial charge on any atom is 0.293 e. The van der Waals surface area contributed by atoms with Crippen LogP contribution in [0.1, 0.15) is 5.82 Å². The summed E-state index contributed by atoms with van der Waals surface area (Å²) in [4.78, 5) is 20.4. The molecule has 132 valence electrons. The molecule has 0 saturated heterocycles. The molecule has 0 saturated carbocycles. The van der Waals surface area contributed by atoms with Gasteiger partial charge in [-0.3, -0.25) is 13.9 Å². The Bertz CT molecular complexity index is 1160. The first-order chi connectivity index (χ1) is 12.5. The Kier molecular flexibility index (Phi) is 3.76. The van der Waals surface area contributed by atoms with Crippen LogP contribution < -0.4 is 10.3 Å². The number of hydrogen-bond acceptors (Lipinski definition) is 5. The molecular formula is C17H15FN6O2. The summed E-state index contributed by atoms with van der Waals surface area (Å²) in [7, 11) is 3.39. The second kappa shape index (κ2) is 6.10. The van der Waals surface area contributed by atoms with Crippen LogP contribution in [0.4, 0.5) is 4.39 Å². The van der Waals surface area contributed by atoms with Gasteiger partial charge in [-0.25, -0.2) is 14.4 Å². The molecule has 0 N–H and O–H groups in total. The Morgan fingerprint density at radius 3 is 2.81 bits per heavy atom. The molecule has 0 spiro atoms. The largest absolute Gasteiger partial charge is 0.483 e. The fourth-order valence-corrected chi connectivity index (χ4v) is 2.64. The van der Waals surface area contributed by atoms with Gasteiger partial charge in [0.15, 0.2) is 17.4 Å². The quantitative estimate of drug-likeness (QED) is 0.556. The molecule has 3 aromatic heterocycles. The first-order valence-electron chi connectivity index (χ1n) is 7.83. The van der Waals surface area contributed by atoms with E-state index in [1.165, 1.54) is 17.0 Å². The van der Waals surface area contributed by atoms with Gasteiger partial charge in [-0.05, 0) is 18.2 Å². The number of aromatic nitrogens is 6. The van der Waals surface area contributed by atoms with E-state index in [4.69, 9.17) is 4.74 Å². The number of rotatable bonds is 4. The Hall–Kier alpha value is -3.49. The van der Waals surface area contributed by atoms with Gasteiger partial charge in [0.1, 0.15) is 12.9 Å². The van der Waals surface area contributed by atoms with Crippen molar-refractivity contribution < 1.29 is 9.13 Å². The lowest BCUT2D eigenvalue weighted by molar-refractivity contribution is 0.276. The van der Waals surface area contributed by atoms with E-state index < -0.39 is 5.82 Å². The molecule has 8 nitrogen and oxygen atoms in total. The smallest absolute Gasteiger partial charge is 0.293 e. The second-order valence-electron chi connectivity index (χ2n) is 5.78. The summed E-state index contributed by atoms with van der Waals surface area (Å²) < 4.78 is 24.4. The summed E-state index contributed by atoms with van der Waals surface area (Å²) in [5, 5.41) is 3.95. The molecule has 26 heavy (non-hydrogen) atoms. The summed E-state index contributed by atoms with van der Waals surface area (Å²) in [5.74, 6) is 0.179. The highest BCUT2D eigenvalue weighted by Gasteiger charge is 2.13. The molecule has 4 aromatic rings. The van der Waals surface area contributed by atoms with Gasteiger partial charge < -0.3 is 9.30 Å². The van der Waals surface area contributed by atoms with Crippen LogP contribution in [0.3, 0.4) is 0 Å². The van der Waals surface area contributed by atoms with Crippen LogP contribution in [-0.2, 0) is 20.7 Å². The average Bonchev–Trinajstić information content (AvgIpc) is 3.24. The van der Waals surface area contributed by atoms with Gasteiger partial charge in [-0.15, -0.1) is 0 Å². The molecule has 9 heteroatoms. The van der Waals surface area contributed by atoms with Gasteiger partial charge in [0.05, 0.1) is 11.9 Å². The fraction of sp³-hybridized carbons (Fsp3) is 0.176. The lowest BCUT2D eigenvalue weighted by atomic mass is 10.1. The van der Waals surface area contributed by atoms with E-state index in [1.807, 2.05) is 0 Å². The molecule has 1 aromatic carbocycles. The minimum absolute atomic E-state index is 0.0873. The number of imidazole rings is 1. The zero-order valence-corrected chi connectivity index (χ0v) is 14.1. The predicted molar refractivity (Wildman–Crippen MR) is 91.2 cm³/mol. The van der Waals surface area contributed by atoms with Crippen LogP contribution in [0, 0.1) is 5.82 Å². The van der Waals surface area contributed by atoms with Crippen molar-refractivity contribution in [3.63, 3.8) is 0 Å². The van der Waals surface area contributed by atoms with Gasteiger partial charge in [0, 0.05) is 32.1 Å². The number of hydrogen-bond donors (Lipinski definition) is 0. The van der Waals surface area contributed by atoms with Crippen LogP contribution in [0.25, 0.3) is 16.9 Å². The van der Waals surface area contributed by atoms with E-state index in [9.17, 15) is 9.18 Å². The normalized spacial score (nSPS) is 11.2. The molecule has 0 radical (unpaired) electrons. The molecule has 0 bridgehead atoms. The van der Waals surface area contributed by atoms with E-state index in [1.54, 1.807) is 53.9 Å². The zero-order chi connectivity index (χ0) is 18.3. The van der Waals surface area contributed by atoms with Crippen molar-refractivity contribution in [3.05, 3.63) is 65.1 Å². The van der Waals surface area contributed by atoms with Crippen LogP contribution in [0.5, 0.6) is 5.75 Å². The van der Waals surface area contributed by atoms with Crippen LogP contribution in [-0.4, -0.2) is 28.7 Å². The van der Waals surface area contributed by atoms with Gasteiger partial charge in [0.2, 0.25) is 5.65 Å². The first kappa shape index (κ1) is 16.0. The number of benzene rings is 1. The summed E-state index contributed by atoms with van der Waals surface area (Å²) >= 11 is 0. The van der Waals surface area contributed by atoms with Crippen LogP contribution in [0.15, 0.2) is 47.9 Å². The lowest BCUT2D eigenvalue weighted by Gasteiger charge is -2.09. The van der Waals surface area contributed by atoms with Crippen molar-refractivity contribution in [2.45, 2.75) is 6.61 Å². The van der Waals surface area contributed by atoms with Crippen molar-refractivity contribution in [3.8, 4) is 17.0 Å². The maximum absolute atomic E-state index is 14.1. The van der Waals surface area contributed by atoms with E-state index in [0.29, 0.717) is 22.7 Å². The highest BCUT2D eigenvalue weighted by atomic mass is 19.1. The maximum atomic E-state index is 14.1. The minimum Gasteiger partial charge on any atom is -0.483 e. The van der Waals surface area contributed by atoms with Crippen molar-refractivity contribution >= 4 is 5.65 Å². The predicted octanol–water partition coefficient (Wildman–Crippen LogP) is 1.55. The molecule has 0 unspecified atom stereocenters. The summed E-state index contributed by atoms with van der Waals surface area (Å²) in [5.41, 5.74) is 1.44. The number of nitrogens with zero attached hydrogens (tertiary/aromatic N) is 6. The monoisotopic (exact) mass is 354 g/mol. The molecule has 4 rings (SSSR count). The average molecular weight is 354 g/mol. The molecule has 0 aliphatic rings. The van der Waals surface area contributed by atoms with Gasteiger partial charge in [-0.2, -0.15) is 5.10 Å².